The summed E-state index contributed by atoms with van der Waals surface area (Å²) >= 11 is 13.0. The molecule has 1 saturated carbocycles. The van der Waals surface area contributed by atoms with Crippen molar-refractivity contribution in [3.8, 4) is 0 Å². The Hall–Kier alpha value is -2.95. The van der Waals surface area contributed by atoms with Crippen molar-refractivity contribution in [1.82, 2.24) is 9.63 Å². The van der Waals surface area contributed by atoms with Gasteiger partial charge in [-0.05, 0) is 62.3 Å². The molecule has 1 aliphatic heterocycles. The molecule has 2 N–H and O–H groups in total. The molecule has 1 aliphatic carbocycles. The van der Waals surface area contributed by atoms with Gasteiger partial charge in [-0.2, -0.15) is 5.06 Å². The van der Waals surface area contributed by atoms with E-state index in [1.54, 1.807) is 18.3 Å². The second kappa shape index (κ2) is 13.6. The number of halogens is 2. The van der Waals surface area contributed by atoms with E-state index < -0.39 is 5.97 Å². The number of carboxylic acids is 1. The average Bonchev–Trinajstić information content (AvgIpc) is 3.57. The number of aliphatic carboxylic acids is 1. The van der Waals surface area contributed by atoms with Gasteiger partial charge in [0, 0.05) is 42.1 Å². The number of carboxylic acid groups (broad SMARTS) is 1. The molecule has 2 fully saturated rings. The quantitative estimate of drug-likeness (QED) is 0.276. The van der Waals surface area contributed by atoms with E-state index in [0.717, 1.165) is 36.6 Å². The minimum atomic E-state index is -0.725. The zero-order valence-corrected chi connectivity index (χ0v) is 25.0. The molecule has 2 heterocycles. The Kier molecular flexibility index (Phi) is 9.85. The van der Waals surface area contributed by atoms with Gasteiger partial charge in [0.25, 0.3) is 5.91 Å². The summed E-state index contributed by atoms with van der Waals surface area (Å²) in [7, 11) is 1.88. The molecule has 0 radical (unpaired) electrons. The Balaban J connectivity index is 1.11. The fourth-order valence-electron chi connectivity index (χ4n) is 5.82. The smallest absolute Gasteiger partial charge is 0.306 e. The van der Waals surface area contributed by atoms with E-state index in [-0.39, 0.29) is 47.8 Å². The Morgan fingerprint density at radius 2 is 1.81 bits per heavy atom. The first-order valence-electron chi connectivity index (χ1n) is 14.3. The number of amides is 1. The fraction of sp³-hybridized carbons (Fsp3) is 0.452. The maximum atomic E-state index is 13.0. The van der Waals surface area contributed by atoms with Gasteiger partial charge < -0.3 is 19.7 Å². The Morgan fingerprint density at radius 3 is 2.57 bits per heavy atom. The molecule has 0 unspecified atom stereocenters. The molecule has 0 spiro atoms. The van der Waals surface area contributed by atoms with Crippen LogP contribution in [0.2, 0.25) is 10.0 Å². The number of Topliss-reactive ketones (excluding diaryl/α,β-unsaturated/α-hetero) is 1. The third-order valence-electron chi connectivity index (χ3n) is 8.18. The minimum Gasteiger partial charge on any atom is -0.481 e. The number of carbonyl (C=O) groups excluding carboxylic acids is 2. The molecule has 224 valence electrons. The summed E-state index contributed by atoms with van der Waals surface area (Å²) in [6, 6.07) is 10.9. The predicted octanol–water partition coefficient (Wildman–Crippen LogP) is 5.91. The molecule has 1 amide bonds. The number of nitrogens with zero attached hydrogens (tertiary/aromatic N) is 2. The molecule has 5 rings (SSSR count). The minimum absolute atomic E-state index is 0.0396. The van der Waals surface area contributed by atoms with Crippen LogP contribution in [-0.4, -0.2) is 64.3 Å². The molecule has 9 nitrogen and oxygen atoms in total. The van der Waals surface area contributed by atoms with Crippen LogP contribution in [0.3, 0.4) is 0 Å². The van der Waals surface area contributed by atoms with Crippen LogP contribution in [0.4, 0.5) is 5.69 Å². The molecule has 3 aromatic rings. The highest BCUT2D eigenvalue weighted by Gasteiger charge is 2.30. The maximum Gasteiger partial charge on any atom is 0.306 e. The molecule has 2 aromatic carbocycles. The first-order valence-corrected chi connectivity index (χ1v) is 15.0. The summed E-state index contributed by atoms with van der Waals surface area (Å²) in [5.41, 5.74) is 2.38. The van der Waals surface area contributed by atoms with Gasteiger partial charge in [-0.3, -0.25) is 19.2 Å². The summed E-state index contributed by atoms with van der Waals surface area (Å²) in [4.78, 5) is 42.9. The third-order valence-corrected chi connectivity index (χ3v) is 8.84. The highest BCUT2D eigenvalue weighted by molar-refractivity contribution is 6.36. The van der Waals surface area contributed by atoms with E-state index in [1.165, 1.54) is 0 Å². The number of aromatic nitrogens is 1. The monoisotopic (exact) mass is 615 g/mol. The summed E-state index contributed by atoms with van der Waals surface area (Å²) in [6.45, 7) is 1.10. The third kappa shape index (κ3) is 7.15. The van der Waals surface area contributed by atoms with Crippen LogP contribution in [0.25, 0.3) is 10.9 Å². The number of ether oxygens (including phenoxy) is 1. The first-order chi connectivity index (χ1) is 20.2. The molecule has 1 saturated heterocycles. The van der Waals surface area contributed by atoms with E-state index >= 15 is 0 Å². The molecule has 11 heteroatoms. The lowest BCUT2D eigenvalue weighted by molar-refractivity contribution is -0.186. The van der Waals surface area contributed by atoms with Crippen molar-refractivity contribution in [3.63, 3.8) is 0 Å². The number of anilines is 1. The van der Waals surface area contributed by atoms with Gasteiger partial charge in [0.05, 0.1) is 40.9 Å². The number of aryl methyl sites for hydroxylation is 1. The van der Waals surface area contributed by atoms with Gasteiger partial charge >= 0.3 is 5.97 Å². The number of benzene rings is 2. The second-order valence-corrected chi connectivity index (χ2v) is 11.9. The first kappa shape index (κ1) is 30.5. The van der Waals surface area contributed by atoms with Crippen LogP contribution < -0.4 is 5.32 Å². The Labute approximate surface area is 254 Å². The molecular formula is C31H35Cl2N3O6. The predicted molar refractivity (Wildman–Crippen MR) is 161 cm³/mol. The van der Waals surface area contributed by atoms with Crippen molar-refractivity contribution >= 4 is 57.5 Å². The van der Waals surface area contributed by atoms with Crippen molar-refractivity contribution in [2.45, 2.75) is 57.1 Å². The lowest BCUT2D eigenvalue weighted by Gasteiger charge is -2.29. The van der Waals surface area contributed by atoms with Crippen molar-refractivity contribution in [3.05, 3.63) is 63.8 Å². The van der Waals surface area contributed by atoms with E-state index in [2.05, 4.69) is 5.32 Å². The molecule has 1 aromatic heterocycles. The van der Waals surface area contributed by atoms with Crippen LogP contribution in [0.15, 0.2) is 42.6 Å². The van der Waals surface area contributed by atoms with Crippen LogP contribution in [0, 0.1) is 5.92 Å². The number of rotatable bonds is 11. The van der Waals surface area contributed by atoms with Crippen molar-refractivity contribution < 1.29 is 29.1 Å². The largest absolute Gasteiger partial charge is 0.481 e. The summed E-state index contributed by atoms with van der Waals surface area (Å²) in [6.07, 6.45) is 6.51. The van der Waals surface area contributed by atoms with Gasteiger partial charge in [-0.15, -0.1) is 0 Å². The van der Waals surface area contributed by atoms with E-state index in [0.29, 0.717) is 47.8 Å². The summed E-state index contributed by atoms with van der Waals surface area (Å²) < 4.78 is 7.97. The number of fused-ring (bicyclic) bond motifs is 1. The number of ketones is 1. The lowest BCUT2D eigenvalue weighted by Crippen LogP contribution is -2.37. The number of hydrogen-bond acceptors (Lipinski definition) is 6. The van der Waals surface area contributed by atoms with Gasteiger partial charge in [-0.1, -0.05) is 41.4 Å². The van der Waals surface area contributed by atoms with Crippen LogP contribution >= 0.6 is 23.2 Å². The maximum absolute atomic E-state index is 13.0. The number of para-hydroxylation sites is 1. The van der Waals surface area contributed by atoms with Gasteiger partial charge in [0.1, 0.15) is 6.61 Å². The zero-order chi connectivity index (χ0) is 29.8. The van der Waals surface area contributed by atoms with E-state index in [9.17, 15) is 19.5 Å². The van der Waals surface area contributed by atoms with Crippen molar-refractivity contribution in [2.75, 3.05) is 25.1 Å². The van der Waals surface area contributed by atoms with Crippen LogP contribution in [0.5, 0.6) is 0 Å². The molecule has 1 atom stereocenters. The van der Waals surface area contributed by atoms with Crippen LogP contribution in [0.1, 0.15) is 54.4 Å². The zero-order valence-electron chi connectivity index (χ0n) is 23.5. The Morgan fingerprint density at radius 1 is 1.05 bits per heavy atom. The topological polar surface area (TPSA) is 110 Å². The molecular weight excluding hydrogens is 581 g/mol. The molecule has 42 heavy (non-hydrogen) atoms. The second-order valence-electron chi connectivity index (χ2n) is 11.1. The normalized spacial score (nSPS) is 21.1. The molecule has 2 aliphatic rings. The van der Waals surface area contributed by atoms with Crippen molar-refractivity contribution in [1.29, 1.82) is 0 Å². The van der Waals surface area contributed by atoms with Crippen molar-refractivity contribution in [2.24, 2.45) is 13.0 Å². The highest BCUT2D eigenvalue weighted by Crippen LogP contribution is 2.32. The van der Waals surface area contributed by atoms with E-state index in [1.807, 2.05) is 40.9 Å². The van der Waals surface area contributed by atoms with Gasteiger partial charge in [-0.25, -0.2) is 0 Å². The number of hydrogen-bond donors (Lipinski definition) is 2. The number of nitrogens with one attached hydrogen (secondary N) is 1. The average molecular weight is 617 g/mol. The number of carbonyl (C=O) groups is 3. The SMILES string of the molecule is Cn1cc(C(=O)Nc2cc(Cl)c(CC(=O)CON3CCC[C@H]3CO[C@H]3CC[C@H](C(=O)O)CC3)cc2Cl)c2ccccc21. The molecule has 0 bridgehead atoms. The highest BCUT2D eigenvalue weighted by atomic mass is 35.5. The van der Waals surface area contributed by atoms with Crippen LogP contribution in [-0.2, 0) is 32.6 Å². The van der Waals surface area contributed by atoms with Gasteiger partial charge in [0.15, 0.2) is 5.78 Å². The Bertz CT molecular complexity index is 1470. The van der Waals surface area contributed by atoms with E-state index in [4.69, 9.17) is 32.8 Å². The fourth-order valence-corrected chi connectivity index (χ4v) is 6.28. The number of hydroxylamine groups is 2. The standard InChI is InChI=1S/C31H35Cl2N3O6/c1-35-16-25(24-6-2-3-7-29(24)35)30(38)34-28-15-26(32)20(14-27(28)33)13-22(37)18-42-36-12-4-5-21(36)17-41-23-10-8-19(9-11-23)31(39)40/h2-3,6-7,14-16,19,21,23H,4-5,8-13,17-18H2,1H3,(H,34,38)(H,39,40)/t19-,21-,23-/m0/s1. The lowest BCUT2D eigenvalue weighted by atomic mass is 9.87. The summed E-state index contributed by atoms with van der Waals surface area (Å²) in [5.74, 6) is -1.45. The van der Waals surface area contributed by atoms with Gasteiger partial charge in [0.2, 0.25) is 0 Å². The summed E-state index contributed by atoms with van der Waals surface area (Å²) in [5, 5.41) is 15.3.